The number of thiophene rings is 1. The van der Waals surface area contributed by atoms with Gasteiger partial charge in [-0.15, -0.1) is 11.3 Å². The number of anilines is 1. The Kier molecular flexibility index (Phi) is 6.15. The summed E-state index contributed by atoms with van der Waals surface area (Å²) in [5.74, 6) is -0.395. The van der Waals surface area contributed by atoms with Crippen molar-refractivity contribution in [1.82, 2.24) is 4.98 Å². The molecule has 0 aliphatic carbocycles. The van der Waals surface area contributed by atoms with Crippen molar-refractivity contribution in [2.75, 3.05) is 26.2 Å². The molecule has 5 rings (SSSR count). The van der Waals surface area contributed by atoms with E-state index in [9.17, 15) is 14.7 Å². The molecule has 2 aromatic heterocycles. The first-order valence-electron chi connectivity index (χ1n) is 10.9. The molecule has 1 saturated heterocycles. The smallest absolute Gasteiger partial charge is 0.301 e. The second-order valence-electron chi connectivity index (χ2n) is 8.04. The predicted molar refractivity (Wildman–Crippen MR) is 140 cm³/mol. The highest BCUT2D eigenvalue weighted by Gasteiger charge is 2.49. The summed E-state index contributed by atoms with van der Waals surface area (Å²) in [6.07, 6.45) is 0. The van der Waals surface area contributed by atoms with E-state index in [4.69, 9.17) is 14.2 Å². The number of aliphatic hydroxyl groups excluding tert-OH is 1. The van der Waals surface area contributed by atoms with Gasteiger partial charge in [0.15, 0.2) is 5.13 Å². The fraction of sp³-hybridized carbons (Fsp3) is 0.192. The zero-order valence-corrected chi connectivity index (χ0v) is 21.5. The first kappa shape index (κ1) is 23.8. The number of amides is 1. The van der Waals surface area contributed by atoms with Gasteiger partial charge >= 0.3 is 5.91 Å². The Hall–Kier alpha value is -3.89. The maximum absolute atomic E-state index is 13.4. The largest absolute Gasteiger partial charge is 0.507 e. The number of carbonyl (C=O) groups excluding carboxylic acids is 2. The first-order chi connectivity index (χ1) is 17.4. The van der Waals surface area contributed by atoms with E-state index in [0.717, 1.165) is 10.3 Å². The number of methoxy groups -OCH3 is 3. The zero-order valence-electron chi connectivity index (χ0n) is 19.9. The normalized spacial score (nSPS) is 17.1. The molecule has 0 radical (unpaired) electrons. The summed E-state index contributed by atoms with van der Waals surface area (Å²) in [5, 5.41) is 13.6. The van der Waals surface area contributed by atoms with Crippen LogP contribution >= 0.6 is 22.7 Å². The lowest BCUT2D eigenvalue weighted by Crippen LogP contribution is -2.28. The van der Waals surface area contributed by atoms with Crippen molar-refractivity contribution in [3.63, 3.8) is 0 Å². The third-order valence-electron chi connectivity index (χ3n) is 6.02. The van der Waals surface area contributed by atoms with E-state index in [-0.39, 0.29) is 16.9 Å². The Morgan fingerprint density at radius 1 is 1.03 bits per heavy atom. The van der Waals surface area contributed by atoms with Crippen LogP contribution < -0.4 is 19.1 Å². The van der Waals surface area contributed by atoms with Crippen molar-refractivity contribution in [1.29, 1.82) is 0 Å². The molecule has 0 spiro atoms. The second kappa shape index (κ2) is 9.29. The third-order valence-corrected chi connectivity index (χ3v) is 7.96. The van der Waals surface area contributed by atoms with Gasteiger partial charge in [0, 0.05) is 4.88 Å². The van der Waals surface area contributed by atoms with Crippen molar-refractivity contribution < 1.29 is 28.9 Å². The molecule has 3 heterocycles. The minimum Gasteiger partial charge on any atom is -0.507 e. The Morgan fingerprint density at radius 3 is 2.47 bits per heavy atom. The molecule has 1 atom stereocenters. The summed E-state index contributed by atoms with van der Waals surface area (Å²) in [6, 6.07) is 11.4. The van der Waals surface area contributed by atoms with Gasteiger partial charge in [0.2, 0.25) is 0 Å². The molecule has 1 fully saturated rings. The maximum Gasteiger partial charge on any atom is 0.301 e. The summed E-state index contributed by atoms with van der Waals surface area (Å²) in [7, 11) is 4.56. The molecule has 1 amide bonds. The molecule has 2 aromatic carbocycles. The molecule has 0 bridgehead atoms. The summed E-state index contributed by atoms with van der Waals surface area (Å²) in [6.45, 7) is 1.91. The summed E-state index contributed by atoms with van der Waals surface area (Å²) >= 11 is 2.66. The Labute approximate surface area is 215 Å². The van der Waals surface area contributed by atoms with E-state index in [1.165, 1.54) is 41.8 Å². The Bertz CT molecular complexity index is 1520. The molecular formula is C26H22N2O6S2. The third kappa shape index (κ3) is 3.78. The van der Waals surface area contributed by atoms with Crippen LogP contribution in [0.4, 0.5) is 5.13 Å². The van der Waals surface area contributed by atoms with E-state index in [1.54, 1.807) is 25.3 Å². The average Bonchev–Trinajstić information content (AvgIpc) is 3.61. The van der Waals surface area contributed by atoms with Crippen molar-refractivity contribution in [3.05, 3.63) is 69.4 Å². The molecule has 1 N–H and O–H groups in total. The van der Waals surface area contributed by atoms with Crippen molar-refractivity contribution in [2.24, 2.45) is 0 Å². The van der Waals surface area contributed by atoms with Crippen LogP contribution in [0, 0.1) is 6.92 Å². The molecule has 1 unspecified atom stereocenters. The molecule has 184 valence electrons. The Morgan fingerprint density at radius 2 is 1.81 bits per heavy atom. The van der Waals surface area contributed by atoms with Crippen molar-refractivity contribution in [2.45, 2.75) is 13.0 Å². The molecular weight excluding hydrogens is 500 g/mol. The number of nitrogens with zero attached hydrogens (tertiary/aromatic N) is 2. The predicted octanol–water partition coefficient (Wildman–Crippen LogP) is 5.32. The van der Waals surface area contributed by atoms with Gasteiger partial charge in [-0.2, -0.15) is 0 Å². The average molecular weight is 523 g/mol. The number of ether oxygens (including phenoxy) is 3. The quantitative estimate of drug-likeness (QED) is 0.208. The lowest BCUT2D eigenvalue weighted by molar-refractivity contribution is -0.132. The molecule has 8 nitrogen and oxygen atoms in total. The molecule has 1 aliphatic rings. The highest BCUT2D eigenvalue weighted by Crippen LogP contribution is 2.47. The van der Waals surface area contributed by atoms with E-state index in [0.29, 0.717) is 32.8 Å². The van der Waals surface area contributed by atoms with Crippen LogP contribution in [0.15, 0.2) is 53.4 Å². The monoisotopic (exact) mass is 522 g/mol. The van der Waals surface area contributed by atoms with Crippen LogP contribution in [0.1, 0.15) is 22.0 Å². The van der Waals surface area contributed by atoms with Crippen LogP contribution in [-0.2, 0) is 9.59 Å². The molecule has 1 aliphatic heterocycles. The maximum atomic E-state index is 13.4. The van der Waals surface area contributed by atoms with Gasteiger partial charge in [-0.25, -0.2) is 4.98 Å². The number of aliphatic hydroxyl groups is 1. The van der Waals surface area contributed by atoms with Crippen LogP contribution in [-0.4, -0.2) is 43.1 Å². The number of benzene rings is 2. The number of hydrogen-bond acceptors (Lipinski definition) is 9. The van der Waals surface area contributed by atoms with Gasteiger partial charge in [0.25, 0.3) is 5.78 Å². The summed E-state index contributed by atoms with van der Waals surface area (Å²) in [5.41, 5.74) is 1.81. The topological polar surface area (TPSA) is 98.2 Å². The summed E-state index contributed by atoms with van der Waals surface area (Å²) < 4.78 is 17.0. The molecule has 10 heteroatoms. The van der Waals surface area contributed by atoms with Gasteiger partial charge in [0.05, 0.1) is 42.7 Å². The van der Waals surface area contributed by atoms with Gasteiger partial charge in [-0.1, -0.05) is 17.4 Å². The SMILES string of the molecule is COc1ccc(OC)c(/C(O)=C2\C(=O)C(=O)N(c3nc4cc(C)c(OC)cc4s3)C2c2cccs2)c1. The first-order valence-corrected chi connectivity index (χ1v) is 12.6. The zero-order chi connectivity index (χ0) is 25.6. The highest BCUT2D eigenvalue weighted by atomic mass is 32.1. The van der Waals surface area contributed by atoms with Crippen LogP contribution in [0.25, 0.3) is 16.0 Å². The van der Waals surface area contributed by atoms with Gasteiger partial charge in [-0.3, -0.25) is 14.5 Å². The lowest BCUT2D eigenvalue weighted by atomic mass is 9.99. The van der Waals surface area contributed by atoms with Gasteiger partial charge < -0.3 is 19.3 Å². The molecule has 4 aromatic rings. The van der Waals surface area contributed by atoms with Crippen LogP contribution in [0.5, 0.6) is 17.2 Å². The van der Waals surface area contributed by atoms with E-state index in [1.807, 2.05) is 36.6 Å². The fourth-order valence-electron chi connectivity index (χ4n) is 4.26. The van der Waals surface area contributed by atoms with Gasteiger partial charge in [0.1, 0.15) is 29.0 Å². The van der Waals surface area contributed by atoms with E-state index < -0.39 is 17.7 Å². The number of Topliss-reactive ketones (excluding diaryl/α,β-unsaturated/α-hetero) is 1. The number of hydrogen-bond donors (Lipinski definition) is 1. The number of thiazole rings is 1. The number of ketones is 1. The number of aryl methyl sites for hydroxylation is 1. The highest BCUT2D eigenvalue weighted by molar-refractivity contribution is 7.22. The minimum absolute atomic E-state index is 0.0398. The van der Waals surface area contributed by atoms with Gasteiger partial charge in [-0.05, 0) is 54.3 Å². The van der Waals surface area contributed by atoms with Crippen LogP contribution in [0.2, 0.25) is 0 Å². The van der Waals surface area contributed by atoms with Crippen molar-refractivity contribution >= 4 is 55.5 Å². The van der Waals surface area contributed by atoms with E-state index >= 15 is 0 Å². The lowest BCUT2D eigenvalue weighted by Gasteiger charge is -2.21. The molecule has 36 heavy (non-hydrogen) atoms. The Balaban J connectivity index is 1.72. The summed E-state index contributed by atoms with van der Waals surface area (Å²) in [4.78, 5) is 33.6. The minimum atomic E-state index is -0.857. The number of aromatic nitrogens is 1. The van der Waals surface area contributed by atoms with Crippen molar-refractivity contribution in [3.8, 4) is 17.2 Å². The number of carbonyl (C=O) groups is 2. The standard InChI is InChI=1S/C26H22N2O6S2/c1-13-10-16-20(12-18(13)34-4)36-26(27-16)28-22(19-6-5-9-35-19)21(24(30)25(28)31)23(29)15-11-14(32-2)7-8-17(15)33-3/h5-12,22,29H,1-4H3/b23-21+. The van der Waals surface area contributed by atoms with Crippen LogP contribution in [0.3, 0.4) is 0 Å². The second-order valence-corrected chi connectivity index (χ2v) is 10.0. The number of fused-ring (bicyclic) bond motifs is 1. The fourth-order valence-corrected chi connectivity index (χ4v) is 6.09. The molecule has 0 saturated carbocycles. The van der Waals surface area contributed by atoms with E-state index in [2.05, 4.69) is 4.98 Å². The number of rotatable bonds is 6.